The molecule has 1 aliphatic heterocycles. The summed E-state index contributed by atoms with van der Waals surface area (Å²) in [7, 11) is 0. The van der Waals surface area contributed by atoms with Crippen molar-refractivity contribution >= 4 is 23.8 Å². The Kier molecular flexibility index (Phi) is 7.71. The van der Waals surface area contributed by atoms with Gasteiger partial charge in [0.25, 0.3) is 0 Å². The molecule has 0 aromatic heterocycles. The van der Waals surface area contributed by atoms with Gasteiger partial charge in [-0.2, -0.15) is 0 Å². The summed E-state index contributed by atoms with van der Waals surface area (Å²) in [5.74, 6) is -1.01. The fourth-order valence-corrected chi connectivity index (χ4v) is 5.73. The van der Waals surface area contributed by atoms with E-state index in [1.54, 1.807) is 25.7 Å². The highest BCUT2D eigenvalue weighted by Gasteiger charge is 2.69. The molecule has 2 saturated carbocycles. The molecular weight excluding hydrogens is 464 g/mol. The van der Waals surface area contributed by atoms with Gasteiger partial charge in [-0.25, -0.2) is 4.79 Å². The summed E-state index contributed by atoms with van der Waals surface area (Å²) >= 11 is 0. The lowest BCUT2D eigenvalue weighted by molar-refractivity contribution is -0.143. The number of rotatable bonds is 9. The monoisotopic (exact) mass is 508 g/mol. The van der Waals surface area contributed by atoms with Crippen molar-refractivity contribution in [1.82, 2.24) is 15.5 Å². The second kappa shape index (κ2) is 9.84. The number of amides is 4. The van der Waals surface area contributed by atoms with Crippen molar-refractivity contribution in [2.75, 3.05) is 6.54 Å². The van der Waals surface area contributed by atoms with Gasteiger partial charge in [0.2, 0.25) is 17.7 Å². The number of hydrogen-bond donors (Lipinski definition) is 4. The molecule has 4 amide bonds. The van der Waals surface area contributed by atoms with Gasteiger partial charge in [0.1, 0.15) is 17.7 Å². The summed E-state index contributed by atoms with van der Waals surface area (Å²) in [6, 6.07) is -2.45. The molecule has 1 saturated heterocycles. The molecule has 0 aromatic carbocycles. The van der Waals surface area contributed by atoms with Crippen LogP contribution in [0.1, 0.15) is 68.2 Å². The number of fused-ring (bicyclic) bond motifs is 1. The fourth-order valence-electron chi connectivity index (χ4n) is 5.73. The minimum atomic E-state index is -1.51. The fraction of sp³-hybridized carbons (Fsp3) is 0.846. The first-order valence-electron chi connectivity index (χ1n) is 13.0. The summed E-state index contributed by atoms with van der Waals surface area (Å²) in [5.41, 5.74) is 4.52. The van der Waals surface area contributed by atoms with Gasteiger partial charge in [-0.3, -0.25) is 14.4 Å². The van der Waals surface area contributed by atoms with Crippen LogP contribution in [0.15, 0.2) is 0 Å². The number of carbonyl (C=O) groups is 4. The summed E-state index contributed by atoms with van der Waals surface area (Å²) < 4.78 is 5.35. The van der Waals surface area contributed by atoms with E-state index in [2.05, 4.69) is 31.4 Å². The van der Waals surface area contributed by atoms with Crippen LogP contribution in [0.25, 0.3) is 0 Å². The minimum Gasteiger partial charge on any atom is -0.444 e. The molecule has 5 N–H and O–H groups in total. The van der Waals surface area contributed by atoms with Crippen LogP contribution in [0.4, 0.5) is 4.79 Å². The van der Waals surface area contributed by atoms with E-state index < -0.39 is 47.7 Å². The van der Waals surface area contributed by atoms with Crippen molar-refractivity contribution < 1.29 is 29.0 Å². The van der Waals surface area contributed by atoms with Crippen molar-refractivity contribution in [1.29, 1.82) is 0 Å². The van der Waals surface area contributed by atoms with Crippen LogP contribution >= 0.6 is 0 Å². The Labute approximate surface area is 214 Å². The molecule has 2 unspecified atom stereocenters. The molecule has 3 aliphatic rings. The third-order valence-corrected chi connectivity index (χ3v) is 8.20. The Bertz CT molecular complexity index is 897. The number of piperidine rings is 1. The van der Waals surface area contributed by atoms with Crippen molar-refractivity contribution in [3.8, 4) is 0 Å². The molecule has 3 fully saturated rings. The van der Waals surface area contributed by atoms with E-state index in [1.807, 2.05) is 13.8 Å². The van der Waals surface area contributed by atoms with Crippen molar-refractivity contribution in [2.45, 2.75) is 98.1 Å². The van der Waals surface area contributed by atoms with E-state index in [4.69, 9.17) is 10.5 Å². The smallest absolute Gasteiger partial charge is 0.408 e. The molecule has 10 heteroatoms. The van der Waals surface area contributed by atoms with Crippen LogP contribution in [0.2, 0.25) is 0 Å². The van der Waals surface area contributed by atoms with Gasteiger partial charge in [-0.1, -0.05) is 34.6 Å². The van der Waals surface area contributed by atoms with Crippen LogP contribution in [-0.4, -0.2) is 70.2 Å². The van der Waals surface area contributed by atoms with E-state index in [-0.39, 0.29) is 29.1 Å². The number of carbonyl (C=O) groups excluding carboxylic acids is 4. The first kappa shape index (κ1) is 28.2. The molecule has 36 heavy (non-hydrogen) atoms. The van der Waals surface area contributed by atoms with Crippen LogP contribution in [0.3, 0.4) is 0 Å². The number of primary amides is 1. The maximum absolute atomic E-state index is 13.7. The Hall–Kier alpha value is -2.36. The number of aliphatic hydroxyl groups is 1. The zero-order valence-corrected chi connectivity index (χ0v) is 22.8. The van der Waals surface area contributed by atoms with Crippen LogP contribution < -0.4 is 16.4 Å². The number of likely N-dealkylation sites (tertiary alicyclic amines) is 1. The molecule has 204 valence electrons. The summed E-state index contributed by atoms with van der Waals surface area (Å²) in [6.07, 6.45) is -0.781. The lowest BCUT2D eigenvalue weighted by atomic mass is 9.96. The zero-order chi connectivity index (χ0) is 27.3. The Morgan fingerprint density at radius 1 is 1.17 bits per heavy atom. The third-order valence-electron chi connectivity index (χ3n) is 8.20. The number of nitrogens with two attached hydrogens (primary N) is 1. The normalized spacial score (nSPS) is 30.6. The van der Waals surface area contributed by atoms with Crippen LogP contribution in [-0.2, 0) is 19.1 Å². The second-order valence-electron chi connectivity index (χ2n) is 12.9. The standard InChI is InChI=1S/C26H44N4O6/c1-12(2)18(29-24(35)36-25(4,5)6)23(34)30-11-15-17(26(15,7)8)19(30)22(33)28-16(20(31)21(27)32)10-14-9-13(14)3/h12-20,31H,9-11H2,1-8H3,(H2,27,32)(H,28,33)(H,29,35)/t13-,14+,15-,16?,17-,18-,19-,20?/m0/s1. The van der Waals surface area contributed by atoms with Gasteiger partial charge >= 0.3 is 6.09 Å². The zero-order valence-electron chi connectivity index (χ0n) is 22.8. The molecule has 8 atom stereocenters. The van der Waals surface area contributed by atoms with Gasteiger partial charge in [0.05, 0.1) is 6.04 Å². The number of nitrogens with one attached hydrogen (secondary N) is 2. The van der Waals surface area contributed by atoms with Gasteiger partial charge in [-0.05, 0) is 68.6 Å². The highest BCUT2D eigenvalue weighted by molar-refractivity contribution is 5.93. The first-order valence-corrected chi connectivity index (χ1v) is 13.0. The van der Waals surface area contributed by atoms with E-state index in [0.29, 0.717) is 24.8 Å². The summed E-state index contributed by atoms with van der Waals surface area (Å²) in [4.78, 5) is 53.1. The number of aliphatic hydroxyl groups excluding tert-OH is 1. The number of nitrogens with zero attached hydrogens (tertiary/aromatic N) is 1. The van der Waals surface area contributed by atoms with Crippen molar-refractivity contribution in [2.24, 2.45) is 40.7 Å². The van der Waals surface area contributed by atoms with E-state index in [1.165, 1.54) is 0 Å². The highest BCUT2D eigenvalue weighted by Crippen LogP contribution is 2.65. The molecule has 2 aliphatic carbocycles. The van der Waals surface area contributed by atoms with Gasteiger partial charge in [0.15, 0.2) is 6.10 Å². The van der Waals surface area contributed by atoms with Crippen molar-refractivity contribution in [3.05, 3.63) is 0 Å². The largest absolute Gasteiger partial charge is 0.444 e. The van der Waals surface area contributed by atoms with Crippen LogP contribution in [0, 0.1) is 35.0 Å². The Balaban J connectivity index is 1.79. The van der Waals surface area contributed by atoms with Gasteiger partial charge in [0, 0.05) is 6.54 Å². The molecular formula is C26H44N4O6. The Morgan fingerprint density at radius 3 is 2.22 bits per heavy atom. The van der Waals surface area contributed by atoms with Gasteiger partial charge in [-0.15, -0.1) is 0 Å². The predicted molar refractivity (Wildman–Crippen MR) is 133 cm³/mol. The minimum absolute atomic E-state index is 0.0537. The number of alkyl carbamates (subject to hydrolysis) is 1. The number of hydrogen-bond acceptors (Lipinski definition) is 6. The molecule has 3 rings (SSSR count). The summed E-state index contributed by atoms with van der Waals surface area (Å²) in [5, 5.41) is 16.0. The lowest BCUT2D eigenvalue weighted by Gasteiger charge is -2.35. The van der Waals surface area contributed by atoms with E-state index in [0.717, 1.165) is 6.42 Å². The molecule has 0 bridgehead atoms. The maximum Gasteiger partial charge on any atom is 0.408 e. The van der Waals surface area contributed by atoms with Gasteiger partial charge < -0.3 is 31.1 Å². The maximum atomic E-state index is 13.7. The molecule has 0 aromatic rings. The summed E-state index contributed by atoms with van der Waals surface area (Å²) in [6.45, 7) is 15.5. The highest BCUT2D eigenvalue weighted by atomic mass is 16.6. The van der Waals surface area contributed by atoms with E-state index >= 15 is 0 Å². The third kappa shape index (κ3) is 5.95. The molecule has 0 radical (unpaired) electrons. The van der Waals surface area contributed by atoms with Crippen molar-refractivity contribution in [3.63, 3.8) is 0 Å². The number of ether oxygens (including phenoxy) is 1. The average Bonchev–Trinajstić information content (AvgIpc) is 3.46. The Morgan fingerprint density at radius 2 is 1.75 bits per heavy atom. The quantitative estimate of drug-likeness (QED) is 0.370. The van der Waals surface area contributed by atoms with Crippen LogP contribution in [0.5, 0.6) is 0 Å². The first-order chi connectivity index (χ1) is 16.5. The predicted octanol–water partition coefficient (Wildman–Crippen LogP) is 1.40. The lowest BCUT2D eigenvalue weighted by Crippen LogP contribution is -2.59. The van der Waals surface area contributed by atoms with E-state index in [9.17, 15) is 24.3 Å². The topological polar surface area (TPSA) is 151 Å². The molecule has 10 nitrogen and oxygen atoms in total. The average molecular weight is 509 g/mol. The SMILES string of the molecule is CC(C)[C@H](NC(=O)OC(C)(C)C)C(=O)N1C[C@H]2[C@@H]([C@H]1C(=O)NC(C[C@H]1C[C@@H]1C)C(O)C(N)=O)C2(C)C. The molecule has 1 heterocycles. The second-order valence-corrected chi connectivity index (χ2v) is 12.9. The molecule has 0 spiro atoms.